The van der Waals surface area contributed by atoms with E-state index in [-0.39, 0.29) is 30.3 Å². The normalized spacial score (nSPS) is 14.7. The second kappa shape index (κ2) is 11.7. The Morgan fingerprint density at radius 3 is 2.40 bits per heavy atom. The first-order valence-corrected chi connectivity index (χ1v) is 13.7. The van der Waals surface area contributed by atoms with Gasteiger partial charge in [0.15, 0.2) is 0 Å². The molecule has 0 spiro atoms. The highest BCUT2D eigenvalue weighted by Crippen LogP contribution is 2.35. The summed E-state index contributed by atoms with van der Waals surface area (Å²) in [5.74, 6) is 0.450. The monoisotopic (exact) mass is 572 g/mol. The van der Waals surface area contributed by atoms with E-state index in [1.807, 2.05) is 24.3 Å². The van der Waals surface area contributed by atoms with Crippen molar-refractivity contribution >= 4 is 11.7 Å². The number of aromatic nitrogens is 2. The summed E-state index contributed by atoms with van der Waals surface area (Å²) >= 11 is 0. The molecule has 2 aliphatic rings. The van der Waals surface area contributed by atoms with Gasteiger partial charge in [0.2, 0.25) is 0 Å². The molecule has 1 amide bonds. The van der Waals surface area contributed by atoms with E-state index < -0.39 is 11.6 Å². The molecular formula is C32H30F2N4O4. The summed E-state index contributed by atoms with van der Waals surface area (Å²) in [7, 11) is 3.13. The van der Waals surface area contributed by atoms with E-state index in [0.29, 0.717) is 48.0 Å². The molecule has 0 aliphatic carbocycles. The highest BCUT2D eigenvalue weighted by atomic mass is 19.1. The van der Waals surface area contributed by atoms with Gasteiger partial charge in [-0.15, -0.1) is 0 Å². The molecule has 0 bridgehead atoms. The lowest BCUT2D eigenvalue weighted by Gasteiger charge is -2.27. The Morgan fingerprint density at radius 1 is 0.929 bits per heavy atom. The van der Waals surface area contributed by atoms with Crippen molar-refractivity contribution in [2.45, 2.75) is 19.5 Å². The summed E-state index contributed by atoms with van der Waals surface area (Å²) in [5, 5.41) is 0. The van der Waals surface area contributed by atoms with Crippen LogP contribution in [0.1, 0.15) is 32.7 Å². The number of ether oxygens (including phenoxy) is 3. The van der Waals surface area contributed by atoms with Crippen LogP contribution in [0.25, 0.3) is 11.3 Å². The lowest BCUT2D eigenvalue weighted by Crippen LogP contribution is -2.36. The Labute approximate surface area is 242 Å². The van der Waals surface area contributed by atoms with Crippen LogP contribution < -0.4 is 14.4 Å². The van der Waals surface area contributed by atoms with E-state index in [0.717, 1.165) is 30.0 Å². The van der Waals surface area contributed by atoms with Crippen molar-refractivity contribution in [3.63, 3.8) is 0 Å². The predicted molar refractivity (Wildman–Crippen MR) is 153 cm³/mol. The van der Waals surface area contributed by atoms with Crippen molar-refractivity contribution in [2.75, 3.05) is 45.4 Å². The lowest BCUT2D eigenvalue weighted by molar-refractivity contribution is 0.0764. The summed E-state index contributed by atoms with van der Waals surface area (Å²) < 4.78 is 46.0. The first-order valence-electron chi connectivity index (χ1n) is 13.7. The topological polar surface area (TPSA) is 77.0 Å². The summed E-state index contributed by atoms with van der Waals surface area (Å²) in [6, 6.07) is 14.7. The van der Waals surface area contributed by atoms with Gasteiger partial charge < -0.3 is 24.0 Å². The van der Waals surface area contributed by atoms with E-state index in [9.17, 15) is 13.6 Å². The second-order valence-corrected chi connectivity index (χ2v) is 10.2. The molecule has 10 heteroatoms. The molecule has 216 valence electrons. The quantitative estimate of drug-likeness (QED) is 0.293. The molecule has 6 rings (SSSR count). The molecule has 2 aromatic carbocycles. The summed E-state index contributed by atoms with van der Waals surface area (Å²) in [6.07, 6.45) is 2.12. The van der Waals surface area contributed by atoms with Crippen molar-refractivity contribution < 1.29 is 27.8 Å². The number of halogens is 2. The molecule has 2 aliphatic heterocycles. The standard InChI is InChI=1S/C32H30F2N4O4/c1-40-23-8-7-21(28(16-23)41-2)18-38-19-27-30(32(38)39)22(15-26(36-27)31-24(33)4-3-5-25(31)34)14-20-6-9-29(35-17-20)37-10-12-42-13-11-37/h3-9,15-17H,10-14,18-19H2,1-2H3. The molecule has 0 radical (unpaired) electrons. The Kier molecular flexibility index (Phi) is 7.71. The Bertz CT molecular complexity index is 1600. The Morgan fingerprint density at radius 2 is 1.71 bits per heavy atom. The van der Waals surface area contributed by atoms with Crippen LogP contribution >= 0.6 is 0 Å². The molecule has 0 unspecified atom stereocenters. The number of methoxy groups -OCH3 is 2. The molecule has 1 fully saturated rings. The van der Waals surface area contributed by atoms with Crippen molar-refractivity contribution in [1.29, 1.82) is 0 Å². The van der Waals surface area contributed by atoms with Gasteiger partial charge in [-0.3, -0.25) is 4.79 Å². The van der Waals surface area contributed by atoms with Gasteiger partial charge in [-0.1, -0.05) is 12.1 Å². The number of fused-ring (bicyclic) bond motifs is 1. The fourth-order valence-corrected chi connectivity index (χ4v) is 5.49. The van der Waals surface area contributed by atoms with Gasteiger partial charge in [0.1, 0.15) is 29.0 Å². The molecule has 1 saturated heterocycles. The predicted octanol–water partition coefficient (Wildman–Crippen LogP) is 5.02. The number of benzene rings is 2. The number of rotatable bonds is 8. The smallest absolute Gasteiger partial charge is 0.256 e. The minimum atomic E-state index is -0.714. The van der Waals surface area contributed by atoms with Crippen LogP contribution in [0, 0.1) is 11.6 Å². The number of anilines is 1. The number of carbonyl (C=O) groups is 1. The van der Waals surface area contributed by atoms with E-state index >= 15 is 0 Å². The zero-order chi connectivity index (χ0) is 29.2. The van der Waals surface area contributed by atoms with Crippen LogP contribution in [-0.4, -0.2) is 61.3 Å². The van der Waals surface area contributed by atoms with Crippen LogP contribution in [0.4, 0.5) is 14.6 Å². The Balaban J connectivity index is 1.35. The van der Waals surface area contributed by atoms with E-state index in [1.165, 1.54) is 18.2 Å². The number of hydrogen-bond acceptors (Lipinski definition) is 7. The largest absolute Gasteiger partial charge is 0.497 e. The summed E-state index contributed by atoms with van der Waals surface area (Å²) in [5.41, 5.74) is 3.14. The van der Waals surface area contributed by atoms with Gasteiger partial charge in [0, 0.05) is 30.9 Å². The van der Waals surface area contributed by atoms with E-state index in [4.69, 9.17) is 14.2 Å². The molecular weight excluding hydrogens is 542 g/mol. The maximum Gasteiger partial charge on any atom is 0.256 e. The maximum atomic E-state index is 14.8. The number of morpholine rings is 1. The molecule has 0 atom stereocenters. The first-order chi connectivity index (χ1) is 20.4. The third kappa shape index (κ3) is 5.37. The van der Waals surface area contributed by atoms with Crippen molar-refractivity contribution in [3.8, 4) is 22.8 Å². The van der Waals surface area contributed by atoms with Crippen LogP contribution in [0.2, 0.25) is 0 Å². The number of amides is 1. The average Bonchev–Trinajstić information content (AvgIpc) is 3.32. The van der Waals surface area contributed by atoms with E-state index in [1.54, 1.807) is 37.4 Å². The van der Waals surface area contributed by atoms with Gasteiger partial charge in [-0.05, 0) is 53.9 Å². The Hall–Kier alpha value is -4.57. The minimum Gasteiger partial charge on any atom is -0.497 e. The van der Waals surface area contributed by atoms with Gasteiger partial charge in [0.05, 0.1) is 63.0 Å². The van der Waals surface area contributed by atoms with Crippen molar-refractivity contribution in [3.05, 3.63) is 100 Å². The van der Waals surface area contributed by atoms with Crippen molar-refractivity contribution in [2.24, 2.45) is 0 Å². The maximum absolute atomic E-state index is 14.8. The molecule has 8 nitrogen and oxygen atoms in total. The fraction of sp³-hybridized carbons (Fsp3) is 0.281. The number of hydrogen-bond donors (Lipinski definition) is 0. The highest BCUT2D eigenvalue weighted by Gasteiger charge is 2.33. The SMILES string of the molecule is COc1ccc(CN2Cc3nc(-c4c(F)cccc4F)cc(Cc4ccc(N5CCOCC5)nc4)c3C2=O)c(OC)c1. The second-order valence-electron chi connectivity index (χ2n) is 10.2. The first kappa shape index (κ1) is 27.6. The number of pyridine rings is 2. The molecule has 0 saturated carbocycles. The van der Waals surface area contributed by atoms with Crippen molar-refractivity contribution in [1.82, 2.24) is 14.9 Å². The number of carbonyl (C=O) groups excluding carboxylic acids is 1. The summed E-state index contributed by atoms with van der Waals surface area (Å²) in [6.45, 7) is 3.30. The third-order valence-corrected chi connectivity index (χ3v) is 7.63. The van der Waals surface area contributed by atoms with Crippen LogP contribution in [-0.2, 0) is 24.2 Å². The van der Waals surface area contributed by atoms with E-state index in [2.05, 4.69) is 14.9 Å². The highest BCUT2D eigenvalue weighted by molar-refractivity contribution is 5.99. The minimum absolute atomic E-state index is 0.147. The molecule has 0 N–H and O–H groups in total. The van der Waals surface area contributed by atoms with Gasteiger partial charge in [-0.25, -0.2) is 18.7 Å². The molecule has 4 heterocycles. The third-order valence-electron chi connectivity index (χ3n) is 7.63. The van der Waals surface area contributed by atoms with Crippen LogP contribution in [0.15, 0.2) is 60.8 Å². The zero-order valence-corrected chi connectivity index (χ0v) is 23.4. The average molecular weight is 573 g/mol. The zero-order valence-electron chi connectivity index (χ0n) is 23.4. The number of nitrogens with zero attached hydrogens (tertiary/aromatic N) is 4. The molecule has 42 heavy (non-hydrogen) atoms. The van der Waals surface area contributed by atoms with Crippen LogP contribution in [0.3, 0.4) is 0 Å². The fourth-order valence-electron chi connectivity index (χ4n) is 5.49. The van der Waals surface area contributed by atoms with Crippen LogP contribution in [0.5, 0.6) is 11.5 Å². The van der Waals surface area contributed by atoms with Gasteiger partial charge in [-0.2, -0.15) is 0 Å². The summed E-state index contributed by atoms with van der Waals surface area (Å²) in [4.78, 5) is 26.9. The lowest BCUT2D eigenvalue weighted by atomic mass is 9.97. The van der Waals surface area contributed by atoms with Gasteiger partial charge in [0.25, 0.3) is 5.91 Å². The molecule has 2 aromatic heterocycles. The molecule has 4 aromatic rings. The van der Waals surface area contributed by atoms with Gasteiger partial charge >= 0.3 is 0 Å².